The molecule has 5 aliphatic rings. The molecule has 2 amide bonds. The van der Waals surface area contributed by atoms with Crippen molar-refractivity contribution in [2.24, 2.45) is 29.4 Å². The molecule has 4 aliphatic carbocycles. The fourth-order valence-corrected chi connectivity index (χ4v) is 6.88. The van der Waals surface area contributed by atoms with E-state index in [1.54, 1.807) is 4.90 Å². The number of carbonyl (C=O) groups excluding carboxylic acids is 2. The second kappa shape index (κ2) is 5.58. The van der Waals surface area contributed by atoms with Crippen LogP contribution in [0.4, 0.5) is 5.69 Å². The molecule has 4 saturated carbocycles. The number of benzene rings is 1. The predicted molar refractivity (Wildman–Crippen MR) is 101 cm³/mol. The topological polar surface area (TPSA) is 63.4 Å². The highest BCUT2D eigenvalue weighted by molar-refractivity contribution is 6.00. The molecule has 1 aromatic rings. The Morgan fingerprint density at radius 3 is 2.23 bits per heavy atom. The van der Waals surface area contributed by atoms with Crippen molar-refractivity contribution in [1.82, 2.24) is 0 Å². The molecule has 1 heterocycles. The zero-order chi connectivity index (χ0) is 18.1. The lowest BCUT2D eigenvalue weighted by Gasteiger charge is -2.57. The van der Waals surface area contributed by atoms with Crippen LogP contribution in [0.5, 0.6) is 0 Å². The molecule has 0 radical (unpaired) electrons. The van der Waals surface area contributed by atoms with Crippen molar-refractivity contribution in [3.05, 3.63) is 29.3 Å². The molecule has 4 bridgehead atoms. The van der Waals surface area contributed by atoms with E-state index in [1.807, 2.05) is 0 Å². The molecule has 1 atom stereocenters. The molecule has 0 aromatic heterocycles. The van der Waals surface area contributed by atoms with Gasteiger partial charge in [-0.25, -0.2) is 0 Å². The average molecular weight is 352 g/mol. The van der Waals surface area contributed by atoms with Gasteiger partial charge in [0, 0.05) is 18.7 Å². The fraction of sp³-hybridized carbons (Fsp3) is 0.636. The van der Waals surface area contributed by atoms with Crippen LogP contribution in [-0.2, 0) is 15.0 Å². The molecule has 1 aromatic carbocycles. The van der Waals surface area contributed by atoms with Crippen LogP contribution in [0, 0.1) is 30.6 Å². The Kier molecular flexibility index (Phi) is 3.51. The molecule has 1 aliphatic heterocycles. The van der Waals surface area contributed by atoms with Gasteiger partial charge in [0.15, 0.2) is 0 Å². The van der Waals surface area contributed by atoms with Crippen LogP contribution < -0.4 is 10.6 Å². The Hall–Kier alpha value is -1.84. The Bertz CT molecular complexity index is 749. The van der Waals surface area contributed by atoms with Gasteiger partial charge < -0.3 is 10.6 Å². The molecule has 4 heteroatoms. The highest BCUT2D eigenvalue weighted by Gasteiger charge is 2.51. The lowest BCUT2D eigenvalue weighted by molar-refractivity contribution is -0.123. The first-order valence-electron chi connectivity index (χ1n) is 10.1. The zero-order valence-corrected chi connectivity index (χ0v) is 15.5. The maximum Gasteiger partial charge on any atom is 0.227 e. The van der Waals surface area contributed by atoms with E-state index >= 15 is 0 Å². The number of nitrogens with two attached hydrogens (primary N) is 1. The summed E-state index contributed by atoms with van der Waals surface area (Å²) in [6.07, 6.45) is 8.65. The number of primary amides is 1. The number of amides is 2. The van der Waals surface area contributed by atoms with E-state index in [1.165, 1.54) is 44.1 Å². The minimum absolute atomic E-state index is 0.0134. The van der Waals surface area contributed by atoms with Crippen LogP contribution in [0.15, 0.2) is 18.2 Å². The minimum Gasteiger partial charge on any atom is -0.369 e. The summed E-state index contributed by atoms with van der Waals surface area (Å²) < 4.78 is 0. The van der Waals surface area contributed by atoms with Crippen molar-refractivity contribution >= 4 is 17.5 Å². The van der Waals surface area contributed by atoms with E-state index < -0.39 is 0 Å². The third-order valence-corrected chi connectivity index (χ3v) is 7.67. The van der Waals surface area contributed by atoms with E-state index in [2.05, 4.69) is 25.1 Å². The van der Waals surface area contributed by atoms with Crippen LogP contribution >= 0.6 is 0 Å². The van der Waals surface area contributed by atoms with Gasteiger partial charge in [-0.2, -0.15) is 0 Å². The second-order valence-corrected chi connectivity index (χ2v) is 9.51. The molecule has 26 heavy (non-hydrogen) atoms. The number of hydrogen-bond acceptors (Lipinski definition) is 2. The van der Waals surface area contributed by atoms with Crippen molar-refractivity contribution in [3.63, 3.8) is 0 Å². The van der Waals surface area contributed by atoms with Crippen molar-refractivity contribution in [2.45, 2.75) is 57.3 Å². The number of anilines is 1. The lowest BCUT2D eigenvalue weighted by Crippen LogP contribution is -2.48. The summed E-state index contributed by atoms with van der Waals surface area (Å²) in [5.41, 5.74) is 9.38. The van der Waals surface area contributed by atoms with Gasteiger partial charge in [0.25, 0.3) is 0 Å². The molecular formula is C22H28N2O2. The predicted octanol–water partition coefficient (Wildman–Crippen LogP) is 3.30. The molecule has 5 fully saturated rings. The van der Waals surface area contributed by atoms with E-state index in [4.69, 9.17) is 5.73 Å². The lowest BCUT2D eigenvalue weighted by atomic mass is 9.48. The Labute approximate surface area is 155 Å². The largest absolute Gasteiger partial charge is 0.369 e. The highest BCUT2D eigenvalue weighted by atomic mass is 16.2. The quantitative estimate of drug-likeness (QED) is 0.907. The van der Waals surface area contributed by atoms with Crippen molar-refractivity contribution in [3.8, 4) is 0 Å². The van der Waals surface area contributed by atoms with Gasteiger partial charge in [-0.15, -0.1) is 0 Å². The maximum atomic E-state index is 12.4. The van der Waals surface area contributed by atoms with Crippen LogP contribution in [0.25, 0.3) is 0 Å². The Balaban J connectivity index is 1.44. The normalized spacial score (nSPS) is 38.2. The minimum atomic E-state index is -0.372. The van der Waals surface area contributed by atoms with Crippen LogP contribution in [0.2, 0.25) is 0 Å². The SMILES string of the molecule is Cc1cc(C23CC4CC(CC(C4)C2)C3)ccc1N1C[C@@H](C(N)=O)CC1=O. The first-order chi connectivity index (χ1) is 12.4. The van der Waals surface area contributed by atoms with Gasteiger partial charge in [0.1, 0.15) is 0 Å². The van der Waals surface area contributed by atoms with Gasteiger partial charge in [0.2, 0.25) is 11.8 Å². The standard InChI is InChI=1S/C22H28N2O2/c1-13-4-18(22-9-14-5-15(10-22)7-16(6-14)11-22)2-3-19(13)24-12-17(21(23)26)8-20(24)25/h2-4,14-17H,5-12H2,1H3,(H2,23,26)/t14?,15?,16?,17-,22?/m0/s1. The van der Waals surface area contributed by atoms with Gasteiger partial charge in [-0.1, -0.05) is 12.1 Å². The number of nitrogens with zero attached hydrogens (tertiary/aromatic N) is 1. The number of rotatable bonds is 3. The first kappa shape index (κ1) is 16.3. The van der Waals surface area contributed by atoms with E-state index in [9.17, 15) is 9.59 Å². The molecule has 0 unspecified atom stereocenters. The Morgan fingerprint density at radius 2 is 1.73 bits per heavy atom. The van der Waals surface area contributed by atoms with E-state index in [0.29, 0.717) is 12.0 Å². The number of carbonyl (C=O) groups is 2. The number of aryl methyl sites for hydroxylation is 1. The molecular weight excluding hydrogens is 324 g/mol. The second-order valence-electron chi connectivity index (χ2n) is 9.51. The smallest absolute Gasteiger partial charge is 0.227 e. The van der Waals surface area contributed by atoms with E-state index in [-0.39, 0.29) is 24.2 Å². The zero-order valence-electron chi connectivity index (χ0n) is 15.5. The van der Waals surface area contributed by atoms with Crippen molar-refractivity contribution < 1.29 is 9.59 Å². The van der Waals surface area contributed by atoms with Crippen LogP contribution in [-0.4, -0.2) is 18.4 Å². The third kappa shape index (κ3) is 2.41. The molecule has 0 spiro atoms. The summed E-state index contributed by atoms with van der Waals surface area (Å²) in [5.74, 6) is 2.07. The van der Waals surface area contributed by atoms with Gasteiger partial charge in [-0.05, 0) is 85.8 Å². The van der Waals surface area contributed by atoms with Gasteiger partial charge in [-0.3, -0.25) is 9.59 Å². The molecule has 4 nitrogen and oxygen atoms in total. The summed E-state index contributed by atoms with van der Waals surface area (Å²) in [6, 6.07) is 6.71. The maximum absolute atomic E-state index is 12.4. The number of hydrogen-bond donors (Lipinski definition) is 1. The first-order valence-corrected chi connectivity index (χ1v) is 10.1. The van der Waals surface area contributed by atoms with Crippen molar-refractivity contribution in [1.29, 1.82) is 0 Å². The molecule has 2 N–H and O–H groups in total. The molecule has 6 rings (SSSR count). The van der Waals surface area contributed by atoms with Gasteiger partial charge >= 0.3 is 0 Å². The summed E-state index contributed by atoms with van der Waals surface area (Å²) in [7, 11) is 0. The van der Waals surface area contributed by atoms with E-state index in [0.717, 1.165) is 29.0 Å². The highest BCUT2D eigenvalue weighted by Crippen LogP contribution is 2.60. The van der Waals surface area contributed by atoms with Gasteiger partial charge in [0.05, 0.1) is 5.92 Å². The summed E-state index contributed by atoms with van der Waals surface area (Å²) in [5, 5.41) is 0. The summed E-state index contributed by atoms with van der Waals surface area (Å²) in [6.45, 7) is 2.52. The average Bonchev–Trinajstić information content (AvgIpc) is 2.95. The van der Waals surface area contributed by atoms with Crippen LogP contribution in [0.1, 0.15) is 56.1 Å². The third-order valence-electron chi connectivity index (χ3n) is 7.67. The summed E-state index contributed by atoms with van der Waals surface area (Å²) >= 11 is 0. The molecule has 138 valence electrons. The monoisotopic (exact) mass is 352 g/mol. The molecule has 1 saturated heterocycles. The van der Waals surface area contributed by atoms with Crippen LogP contribution in [0.3, 0.4) is 0 Å². The fourth-order valence-electron chi connectivity index (χ4n) is 6.88. The van der Waals surface area contributed by atoms with Crippen molar-refractivity contribution in [2.75, 3.05) is 11.4 Å². The summed E-state index contributed by atoms with van der Waals surface area (Å²) in [4.78, 5) is 25.6. The Morgan fingerprint density at radius 1 is 1.12 bits per heavy atom.